The van der Waals surface area contributed by atoms with Crippen molar-refractivity contribution in [2.24, 2.45) is 0 Å². The molecule has 0 aliphatic heterocycles. The summed E-state index contributed by atoms with van der Waals surface area (Å²) in [5.74, 6) is 0.907. The lowest BCUT2D eigenvalue weighted by Gasteiger charge is -2.12. The van der Waals surface area contributed by atoms with E-state index in [1.165, 1.54) is 12.8 Å². The van der Waals surface area contributed by atoms with Gasteiger partial charge in [0.15, 0.2) is 0 Å². The molecule has 2 rings (SSSR count). The fraction of sp³-hybridized carbons (Fsp3) is 0.571. The molecule has 1 saturated carbocycles. The van der Waals surface area contributed by atoms with Gasteiger partial charge >= 0.3 is 0 Å². The molecule has 0 heterocycles. The van der Waals surface area contributed by atoms with Gasteiger partial charge in [0.05, 0.1) is 12.2 Å². The molecule has 1 aliphatic rings. The molecule has 0 saturated heterocycles. The highest BCUT2D eigenvalue weighted by atomic mass is 16.5. The molecule has 0 amide bonds. The van der Waals surface area contributed by atoms with Gasteiger partial charge in [-0.1, -0.05) is 19.1 Å². The Balaban J connectivity index is 1.82. The third kappa shape index (κ3) is 4.02. The smallest absolute Gasteiger partial charge is 0.119 e. The molecule has 0 bridgehead atoms. The molecule has 1 fully saturated rings. The van der Waals surface area contributed by atoms with Crippen LogP contribution in [0.2, 0.25) is 0 Å². The first-order chi connectivity index (χ1) is 8.29. The van der Waals surface area contributed by atoms with Crippen LogP contribution in [0.5, 0.6) is 5.75 Å². The molecule has 94 valence electrons. The number of rotatable bonds is 7. The summed E-state index contributed by atoms with van der Waals surface area (Å²) >= 11 is 0. The van der Waals surface area contributed by atoms with Crippen molar-refractivity contribution in [3.05, 3.63) is 29.8 Å². The minimum Gasteiger partial charge on any atom is -0.490 e. The largest absolute Gasteiger partial charge is 0.490 e. The highest BCUT2D eigenvalue weighted by molar-refractivity contribution is 5.29. The average molecular weight is 235 g/mol. The van der Waals surface area contributed by atoms with Gasteiger partial charge in [0.1, 0.15) is 5.75 Å². The zero-order valence-electron chi connectivity index (χ0n) is 10.4. The fourth-order valence-corrected chi connectivity index (χ4v) is 1.68. The molecule has 1 aliphatic carbocycles. The van der Waals surface area contributed by atoms with Crippen molar-refractivity contribution in [3.63, 3.8) is 0 Å². The molecule has 0 radical (unpaired) electrons. The summed E-state index contributed by atoms with van der Waals surface area (Å²) in [6, 6.07) is 7.76. The van der Waals surface area contributed by atoms with Crippen LogP contribution in [-0.4, -0.2) is 24.3 Å². The van der Waals surface area contributed by atoms with Gasteiger partial charge in [-0.15, -0.1) is 0 Å². The van der Waals surface area contributed by atoms with E-state index in [2.05, 4.69) is 12.2 Å². The number of hydrogen-bond acceptors (Lipinski definition) is 3. The zero-order chi connectivity index (χ0) is 12.1. The third-order valence-corrected chi connectivity index (χ3v) is 2.86. The van der Waals surface area contributed by atoms with E-state index in [0.717, 1.165) is 24.3 Å². The summed E-state index contributed by atoms with van der Waals surface area (Å²) in [4.78, 5) is 0. The molecule has 2 N–H and O–H groups in total. The van der Waals surface area contributed by atoms with E-state index >= 15 is 0 Å². The van der Waals surface area contributed by atoms with E-state index in [-0.39, 0.29) is 0 Å². The highest BCUT2D eigenvalue weighted by Gasteiger charge is 2.23. The van der Waals surface area contributed by atoms with Crippen LogP contribution in [0.1, 0.15) is 37.9 Å². The summed E-state index contributed by atoms with van der Waals surface area (Å²) in [6.07, 6.45) is 3.42. The van der Waals surface area contributed by atoms with Gasteiger partial charge in [0.25, 0.3) is 0 Å². The summed E-state index contributed by atoms with van der Waals surface area (Å²) in [7, 11) is 0. The molecule has 3 heteroatoms. The second-order valence-electron chi connectivity index (χ2n) is 4.61. The molecule has 1 aromatic carbocycles. The van der Waals surface area contributed by atoms with Crippen molar-refractivity contribution in [1.82, 2.24) is 5.32 Å². The van der Waals surface area contributed by atoms with Gasteiger partial charge in [-0.2, -0.15) is 0 Å². The molecule has 17 heavy (non-hydrogen) atoms. The predicted molar refractivity (Wildman–Crippen MR) is 68.2 cm³/mol. The summed E-state index contributed by atoms with van der Waals surface area (Å²) in [5, 5.41) is 13.1. The molecule has 3 nitrogen and oxygen atoms in total. The van der Waals surface area contributed by atoms with Crippen molar-refractivity contribution in [2.75, 3.05) is 13.1 Å². The second-order valence-corrected chi connectivity index (χ2v) is 4.61. The van der Waals surface area contributed by atoms with Crippen LogP contribution in [0.4, 0.5) is 0 Å². The second kappa shape index (κ2) is 6.03. The van der Waals surface area contributed by atoms with Crippen LogP contribution in [0.15, 0.2) is 24.3 Å². The number of benzene rings is 1. The summed E-state index contributed by atoms with van der Waals surface area (Å²) < 4.78 is 5.66. The Bertz CT molecular complexity index is 333. The first-order valence-electron chi connectivity index (χ1n) is 6.45. The Hall–Kier alpha value is -1.06. The van der Waals surface area contributed by atoms with Crippen LogP contribution in [0.25, 0.3) is 0 Å². The average Bonchev–Trinajstić information content (AvgIpc) is 3.14. The Kier molecular flexibility index (Phi) is 4.40. The SMILES string of the molecule is CCCNCC(O)c1ccc(OC2CC2)cc1. The Morgan fingerprint density at radius 2 is 2.06 bits per heavy atom. The third-order valence-electron chi connectivity index (χ3n) is 2.86. The summed E-state index contributed by atoms with van der Waals surface area (Å²) in [6.45, 7) is 3.67. The fourth-order valence-electron chi connectivity index (χ4n) is 1.68. The Morgan fingerprint density at radius 1 is 1.35 bits per heavy atom. The molecule has 1 aromatic rings. The zero-order valence-corrected chi connectivity index (χ0v) is 10.4. The van der Waals surface area contributed by atoms with E-state index in [0.29, 0.717) is 12.6 Å². The predicted octanol–water partition coefficient (Wildman–Crippen LogP) is 2.26. The van der Waals surface area contributed by atoms with Gasteiger partial charge in [-0.05, 0) is 43.5 Å². The Labute approximate surface area is 103 Å². The molecule has 0 spiro atoms. The van der Waals surface area contributed by atoms with Crippen LogP contribution >= 0.6 is 0 Å². The van der Waals surface area contributed by atoms with Crippen LogP contribution in [-0.2, 0) is 0 Å². The first-order valence-corrected chi connectivity index (χ1v) is 6.45. The van der Waals surface area contributed by atoms with Crippen molar-refractivity contribution in [2.45, 2.75) is 38.4 Å². The van der Waals surface area contributed by atoms with Gasteiger partial charge in [-0.3, -0.25) is 0 Å². The van der Waals surface area contributed by atoms with E-state index in [1.54, 1.807) is 0 Å². The number of hydrogen-bond donors (Lipinski definition) is 2. The quantitative estimate of drug-likeness (QED) is 0.712. The molecule has 0 aromatic heterocycles. The van der Waals surface area contributed by atoms with Crippen LogP contribution in [0, 0.1) is 0 Å². The van der Waals surface area contributed by atoms with Gasteiger partial charge in [-0.25, -0.2) is 0 Å². The van der Waals surface area contributed by atoms with Crippen molar-refractivity contribution in [1.29, 1.82) is 0 Å². The van der Waals surface area contributed by atoms with E-state index in [1.807, 2.05) is 24.3 Å². The highest BCUT2D eigenvalue weighted by Crippen LogP contribution is 2.27. The molecule has 1 unspecified atom stereocenters. The minimum atomic E-state index is -0.434. The standard InChI is InChI=1S/C14H21NO2/c1-2-9-15-10-14(16)11-3-5-12(6-4-11)17-13-7-8-13/h3-6,13-16H,2,7-10H2,1H3. The van der Waals surface area contributed by atoms with Crippen molar-refractivity contribution >= 4 is 0 Å². The minimum absolute atomic E-state index is 0.428. The number of nitrogens with one attached hydrogen (secondary N) is 1. The van der Waals surface area contributed by atoms with Crippen molar-refractivity contribution < 1.29 is 9.84 Å². The lowest BCUT2D eigenvalue weighted by Crippen LogP contribution is -2.22. The number of ether oxygens (including phenoxy) is 1. The van der Waals surface area contributed by atoms with E-state index in [9.17, 15) is 5.11 Å². The van der Waals surface area contributed by atoms with Crippen LogP contribution in [0.3, 0.4) is 0 Å². The topological polar surface area (TPSA) is 41.5 Å². The number of aliphatic hydroxyl groups excluding tert-OH is 1. The maximum absolute atomic E-state index is 9.93. The van der Waals surface area contributed by atoms with Gasteiger partial charge in [0, 0.05) is 6.54 Å². The molecular formula is C14H21NO2. The summed E-state index contributed by atoms with van der Waals surface area (Å²) in [5.41, 5.74) is 0.941. The molecular weight excluding hydrogens is 214 g/mol. The lowest BCUT2D eigenvalue weighted by atomic mass is 10.1. The van der Waals surface area contributed by atoms with Gasteiger partial charge < -0.3 is 15.2 Å². The van der Waals surface area contributed by atoms with Crippen molar-refractivity contribution in [3.8, 4) is 5.75 Å². The monoisotopic (exact) mass is 235 g/mol. The van der Waals surface area contributed by atoms with E-state index < -0.39 is 6.10 Å². The van der Waals surface area contributed by atoms with Crippen LogP contribution < -0.4 is 10.1 Å². The Morgan fingerprint density at radius 3 is 2.65 bits per heavy atom. The maximum atomic E-state index is 9.93. The molecule has 1 atom stereocenters. The van der Waals surface area contributed by atoms with E-state index in [4.69, 9.17) is 4.74 Å². The number of aliphatic hydroxyl groups is 1. The first kappa shape index (κ1) is 12.4. The maximum Gasteiger partial charge on any atom is 0.119 e. The van der Waals surface area contributed by atoms with Gasteiger partial charge in [0.2, 0.25) is 0 Å². The normalized spacial score (nSPS) is 16.8. The lowest BCUT2D eigenvalue weighted by molar-refractivity contribution is 0.175.